The molecule has 0 aliphatic rings. The van der Waals surface area contributed by atoms with E-state index in [4.69, 9.17) is 4.74 Å². The Kier molecular flexibility index (Phi) is 4.28. The van der Waals surface area contributed by atoms with Crippen molar-refractivity contribution in [1.29, 1.82) is 0 Å². The number of hydrogen-bond donors (Lipinski definition) is 1. The minimum atomic E-state index is -0.421. The lowest BCUT2D eigenvalue weighted by molar-refractivity contribution is 0.0720. The van der Waals surface area contributed by atoms with Crippen molar-refractivity contribution in [1.82, 2.24) is 9.55 Å². The Morgan fingerprint density at radius 1 is 1.53 bits per heavy atom. The van der Waals surface area contributed by atoms with Crippen molar-refractivity contribution in [3.63, 3.8) is 0 Å². The van der Waals surface area contributed by atoms with Gasteiger partial charge in [-0.1, -0.05) is 0 Å². The zero-order valence-corrected chi connectivity index (χ0v) is 10.2. The van der Waals surface area contributed by atoms with Gasteiger partial charge in [0.25, 0.3) is 5.56 Å². The molecule has 1 aromatic heterocycles. The molecule has 1 rings (SSSR count). The average molecular weight is 277 g/mol. The fraction of sp³-hybridized carbons (Fsp3) is 0.556. The Hall–Kier alpha value is -0.880. The first-order valence-electron chi connectivity index (χ1n) is 4.61. The van der Waals surface area contributed by atoms with Gasteiger partial charge in [0.1, 0.15) is 0 Å². The molecule has 1 aromatic rings. The van der Waals surface area contributed by atoms with Crippen LogP contribution in [0.25, 0.3) is 0 Å². The van der Waals surface area contributed by atoms with Crippen molar-refractivity contribution in [2.24, 2.45) is 0 Å². The third-order valence-electron chi connectivity index (χ3n) is 1.75. The van der Waals surface area contributed by atoms with Gasteiger partial charge in [-0.25, -0.2) is 4.79 Å². The second-order valence-corrected chi connectivity index (χ2v) is 4.20. The highest BCUT2D eigenvalue weighted by atomic mass is 79.9. The molecule has 15 heavy (non-hydrogen) atoms. The molecule has 0 spiro atoms. The smallest absolute Gasteiger partial charge is 0.328 e. The number of halogens is 1. The van der Waals surface area contributed by atoms with Crippen LogP contribution in [0.4, 0.5) is 0 Å². The number of rotatable bonds is 4. The van der Waals surface area contributed by atoms with Crippen LogP contribution in [0.1, 0.15) is 13.8 Å². The SMILES string of the molecule is CC(C)OCCn1cc(Br)c(=O)[nH]c1=O. The molecule has 0 saturated carbocycles. The van der Waals surface area contributed by atoms with Gasteiger partial charge in [-0.3, -0.25) is 14.3 Å². The summed E-state index contributed by atoms with van der Waals surface area (Å²) >= 11 is 3.06. The lowest BCUT2D eigenvalue weighted by Gasteiger charge is -2.08. The molecule has 0 bridgehead atoms. The van der Waals surface area contributed by atoms with E-state index in [1.54, 1.807) is 0 Å². The number of nitrogens with zero attached hydrogens (tertiary/aromatic N) is 1. The van der Waals surface area contributed by atoms with Gasteiger partial charge in [0.05, 0.1) is 23.7 Å². The van der Waals surface area contributed by atoms with E-state index in [0.717, 1.165) is 0 Å². The number of aromatic nitrogens is 2. The number of ether oxygens (including phenoxy) is 1. The lowest BCUT2D eigenvalue weighted by atomic mass is 10.5. The lowest BCUT2D eigenvalue weighted by Crippen LogP contribution is -2.31. The number of hydrogen-bond acceptors (Lipinski definition) is 3. The van der Waals surface area contributed by atoms with E-state index in [2.05, 4.69) is 20.9 Å². The molecule has 0 radical (unpaired) electrons. The highest BCUT2D eigenvalue weighted by Gasteiger charge is 2.01. The second kappa shape index (κ2) is 5.27. The molecular weight excluding hydrogens is 264 g/mol. The van der Waals surface area contributed by atoms with Crippen molar-refractivity contribution in [2.75, 3.05) is 6.61 Å². The standard InChI is InChI=1S/C9H13BrN2O3/c1-6(2)15-4-3-12-5-7(10)8(13)11-9(12)14/h5-6H,3-4H2,1-2H3,(H,11,13,14). The van der Waals surface area contributed by atoms with E-state index in [9.17, 15) is 9.59 Å². The Morgan fingerprint density at radius 2 is 2.20 bits per heavy atom. The summed E-state index contributed by atoms with van der Waals surface area (Å²) in [7, 11) is 0. The van der Waals surface area contributed by atoms with Crippen LogP contribution >= 0.6 is 15.9 Å². The summed E-state index contributed by atoms with van der Waals surface area (Å²) in [4.78, 5) is 24.5. The molecule has 0 saturated heterocycles. The summed E-state index contributed by atoms with van der Waals surface area (Å²) in [5.74, 6) is 0. The molecule has 5 nitrogen and oxygen atoms in total. The van der Waals surface area contributed by atoms with Gasteiger partial charge < -0.3 is 4.74 Å². The normalized spacial score (nSPS) is 10.9. The summed E-state index contributed by atoms with van der Waals surface area (Å²) < 4.78 is 7.04. The van der Waals surface area contributed by atoms with Crippen molar-refractivity contribution in [3.05, 3.63) is 31.5 Å². The predicted molar refractivity (Wildman–Crippen MR) is 60.1 cm³/mol. The van der Waals surface area contributed by atoms with E-state index in [1.165, 1.54) is 10.8 Å². The molecule has 0 atom stereocenters. The summed E-state index contributed by atoms with van der Waals surface area (Å²) in [6.07, 6.45) is 1.59. The van der Waals surface area contributed by atoms with Crippen molar-refractivity contribution >= 4 is 15.9 Å². The summed E-state index contributed by atoms with van der Waals surface area (Å²) in [5.41, 5.74) is -0.836. The van der Waals surface area contributed by atoms with E-state index in [1.807, 2.05) is 13.8 Å². The van der Waals surface area contributed by atoms with Crippen molar-refractivity contribution in [3.8, 4) is 0 Å². The molecule has 6 heteroatoms. The maximum atomic E-state index is 11.3. The van der Waals surface area contributed by atoms with Crippen LogP contribution in [0.15, 0.2) is 20.3 Å². The zero-order valence-electron chi connectivity index (χ0n) is 8.62. The van der Waals surface area contributed by atoms with Crippen LogP contribution in [0.3, 0.4) is 0 Å². The van der Waals surface area contributed by atoms with Crippen LogP contribution in [0, 0.1) is 0 Å². The third-order valence-corrected chi connectivity index (χ3v) is 2.32. The molecular formula is C9H13BrN2O3. The summed E-state index contributed by atoms with van der Waals surface area (Å²) in [6.45, 7) is 4.71. The molecule has 0 aliphatic heterocycles. The van der Waals surface area contributed by atoms with Gasteiger partial charge in [0, 0.05) is 6.20 Å². The largest absolute Gasteiger partial charge is 0.377 e. The van der Waals surface area contributed by atoms with Gasteiger partial charge in [0.2, 0.25) is 0 Å². The van der Waals surface area contributed by atoms with Gasteiger partial charge in [-0.2, -0.15) is 0 Å². The number of aromatic amines is 1. The van der Waals surface area contributed by atoms with E-state index in [-0.39, 0.29) is 6.10 Å². The van der Waals surface area contributed by atoms with Crippen LogP contribution in [0.2, 0.25) is 0 Å². The quantitative estimate of drug-likeness (QED) is 0.882. The highest BCUT2D eigenvalue weighted by molar-refractivity contribution is 9.10. The third kappa shape index (κ3) is 3.64. The van der Waals surface area contributed by atoms with Gasteiger partial charge in [0.15, 0.2) is 0 Å². The zero-order chi connectivity index (χ0) is 11.4. The molecule has 0 unspecified atom stereocenters. The topological polar surface area (TPSA) is 64.1 Å². The molecule has 0 aromatic carbocycles. The molecule has 0 aliphatic carbocycles. The first kappa shape index (κ1) is 12.2. The Balaban J connectivity index is 2.74. The predicted octanol–water partition coefficient (Wildman–Crippen LogP) is 0.724. The molecule has 84 valence electrons. The van der Waals surface area contributed by atoms with Crippen LogP contribution in [-0.4, -0.2) is 22.3 Å². The Labute approximate surface area is 95.2 Å². The molecule has 0 fully saturated rings. The second-order valence-electron chi connectivity index (χ2n) is 3.35. The number of H-pyrrole nitrogens is 1. The molecule has 1 heterocycles. The van der Waals surface area contributed by atoms with Gasteiger partial charge in [-0.05, 0) is 29.8 Å². The van der Waals surface area contributed by atoms with Crippen molar-refractivity contribution < 1.29 is 4.74 Å². The summed E-state index contributed by atoms with van der Waals surface area (Å²) in [5, 5.41) is 0. The summed E-state index contributed by atoms with van der Waals surface area (Å²) in [6, 6.07) is 0. The highest BCUT2D eigenvalue weighted by Crippen LogP contribution is 1.98. The Morgan fingerprint density at radius 3 is 2.80 bits per heavy atom. The maximum absolute atomic E-state index is 11.3. The van der Waals surface area contributed by atoms with E-state index in [0.29, 0.717) is 17.6 Å². The minimum Gasteiger partial charge on any atom is -0.377 e. The molecule has 0 amide bonds. The number of nitrogens with one attached hydrogen (secondary N) is 1. The fourth-order valence-electron chi connectivity index (χ4n) is 1.04. The van der Waals surface area contributed by atoms with Gasteiger partial charge in [-0.15, -0.1) is 0 Å². The Bertz CT molecular complexity index is 436. The molecule has 1 N–H and O–H groups in total. The van der Waals surface area contributed by atoms with Gasteiger partial charge >= 0.3 is 5.69 Å². The first-order chi connectivity index (χ1) is 7.00. The average Bonchev–Trinajstić information content (AvgIpc) is 2.13. The maximum Gasteiger partial charge on any atom is 0.328 e. The first-order valence-corrected chi connectivity index (χ1v) is 5.41. The fourth-order valence-corrected chi connectivity index (χ4v) is 1.38. The van der Waals surface area contributed by atoms with Crippen LogP contribution in [-0.2, 0) is 11.3 Å². The van der Waals surface area contributed by atoms with Crippen molar-refractivity contribution in [2.45, 2.75) is 26.5 Å². The monoisotopic (exact) mass is 276 g/mol. The minimum absolute atomic E-state index is 0.131. The van der Waals surface area contributed by atoms with E-state index < -0.39 is 11.2 Å². The van der Waals surface area contributed by atoms with Crippen LogP contribution in [0.5, 0.6) is 0 Å². The van der Waals surface area contributed by atoms with Crippen LogP contribution < -0.4 is 11.2 Å². The van der Waals surface area contributed by atoms with E-state index >= 15 is 0 Å².